The lowest BCUT2D eigenvalue weighted by Gasteiger charge is -2.36. The highest BCUT2D eigenvalue weighted by molar-refractivity contribution is 6.12. The van der Waals surface area contributed by atoms with E-state index in [0.29, 0.717) is 11.3 Å². The zero-order valence-corrected chi connectivity index (χ0v) is 17.7. The van der Waals surface area contributed by atoms with Gasteiger partial charge in [0.05, 0.1) is 11.6 Å². The summed E-state index contributed by atoms with van der Waals surface area (Å²) in [4.78, 5) is 27.8. The number of amides is 1. The molecule has 1 saturated carbocycles. The van der Waals surface area contributed by atoms with Crippen molar-refractivity contribution in [2.75, 3.05) is 5.32 Å². The molecular formula is C28H25NO3. The predicted molar refractivity (Wildman–Crippen MR) is 122 cm³/mol. The Hall–Kier alpha value is -3.24. The standard InChI is InChI=1S/C28H25NO3/c30-26-19-13-5-7-16-22(19)29-27(31)25-24(26)23(18-10-2-1-3-11-18)21-15-8-12-17-9-4-6-14-20(17)28(21,25)32/h1-7,9-11,13-14,16,21,23-25,32H,8,12,15H2,(H,29,31). The number of rotatable bonds is 1. The fourth-order valence-corrected chi connectivity index (χ4v) is 6.63. The van der Waals surface area contributed by atoms with Crippen molar-refractivity contribution in [2.45, 2.75) is 30.8 Å². The Kier molecular flexibility index (Phi) is 4.34. The molecule has 3 aromatic rings. The zero-order valence-electron chi connectivity index (χ0n) is 17.7. The van der Waals surface area contributed by atoms with Crippen LogP contribution >= 0.6 is 0 Å². The monoisotopic (exact) mass is 423 g/mol. The number of hydrogen-bond donors (Lipinski definition) is 2. The molecule has 3 aliphatic rings. The van der Waals surface area contributed by atoms with Crippen LogP contribution in [0, 0.1) is 17.8 Å². The lowest BCUT2D eigenvalue weighted by atomic mass is 9.74. The van der Waals surface area contributed by atoms with Crippen molar-refractivity contribution >= 4 is 17.4 Å². The van der Waals surface area contributed by atoms with Crippen LogP contribution < -0.4 is 5.32 Å². The topological polar surface area (TPSA) is 66.4 Å². The van der Waals surface area contributed by atoms with Crippen LogP contribution in [0.15, 0.2) is 78.9 Å². The smallest absolute Gasteiger partial charge is 0.231 e. The number of carbonyl (C=O) groups excluding carboxylic acids is 2. The number of ketones is 1. The van der Waals surface area contributed by atoms with Crippen LogP contribution in [0.25, 0.3) is 0 Å². The van der Waals surface area contributed by atoms with Gasteiger partial charge in [-0.05, 0) is 48.1 Å². The van der Waals surface area contributed by atoms with Gasteiger partial charge in [-0.2, -0.15) is 0 Å². The Morgan fingerprint density at radius 1 is 0.844 bits per heavy atom. The van der Waals surface area contributed by atoms with E-state index in [1.54, 1.807) is 12.1 Å². The minimum atomic E-state index is -1.40. The third kappa shape index (κ3) is 2.59. The molecule has 32 heavy (non-hydrogen) atoms. The first-order chi connectivity index (χ1) is 15.6. The molecule has 2 aliphatic carbocycles. The molecule has 1 fully saturated rings. The number of benzene rings is 3. The summed E-state index contributed by atoms with van der Waals surface area (Å²) in [5.74, 6) is -2.25. The molecule has 160 valence electrons. The van der Waals surface area contributed by atoms with Gasteiger partial charge in [0.1, 0.15) is 5.60 Å². The fraction of sp³-hybridized carbons (Fsp3) is 0.286. The molecule has 0 aromatic heterocycles. The molecule has 0 bridgehead atoms. The molecule has 4 heteroatoms. The second-order valence-corrected chi connectivity index (χ2v) is 9.32. The van der Waals surface area contributed by atoms with Gasteiger partial charge in [-0.3, -0.25) is 9.59 Å². The number of nitrogens with one attached hydrogen (secondary N) is 1. The molecule has 4 nitrogen and oxygen atoms in total. The molecule has 0 radical (unpaired) electrons. The van der Waals surface area contributed by atoms with E-state index in [2.05, 4.69) is 5.32 Å². The quantitative estimate of drug-likeness (QED) is 0.597. The van der Waals surface area contributed by atoms with E-state index in [4.69, 9.17) is 0 Å². The first-order valence-corrected chi connectivity index (χ1v) is 11.4. The van der Waals surface area contributed by atoms with Crippen molar-refractivity contribution in [3.8, 4) is 0 Å². The van der Waals surface area contributed by atoms with Crippen LogP contribution in [0.2, 0.25) is 0 Å². The zero-order chi connectivity index (χ0) is 21.9. The molecule has 3 aromatic carbocycles. The van der Waals surface area contributed by atoms with E-state index < -0.39 is 17.4 Å². The highest BCUT2D eigenvalue weighted by Gasteiger charge is 2.66. The normalized spacial score (nSPS) is 30.8. The fourth-order valence-electron chi connectivity index (χ4n) is 6.63. The summed E-state index contributed by atoms with van der Waals surface area (Å²) in [6.45, 7) is 0. The molecule has 2 N–H and O–H groups in total. The van der Waals surface area contributed by atoms with Crippen molar-refractivity contribution < 1.29 is 14.7 Å². The summed E-state index contributed by atoms with van der Waals surface area (Å²) in [6, 6.07) is 25.1. The Morgan fingerprint density at radius 2 is 1.56 bits per heavy atom. The maximum absolute atomic E-state index is 14.0. The van der Waals surface area contributed by atoms with Gasteiger partial charge in [-0.15, -0.1) is 0 Å². The van der Waals surface area contributed by atoms with Crippen molar-refractivity contribution in [3.05, 3.63) is 101 Å². The van der Waals surface area contributed by atoms with Crippen molar-refractivity contribution in [2.24, 2.45) is 17.8 Å². The van der Waals surface area contributed by atoms with Crippen LogP contribution in [0.4, 0.5) is 5.69 Å². The molecule has 1 amide bonds. The van der Waals surface area contributed by atoms with Gasteiger partial charge in [0.25, 0.3) is 0 Å². The summed E-state index contributed by atoms with van der Waals surface area (Å²) >= 11 is 0. The van der Waals surface area contributed by atoms with E-state index in [-0.39, 0.29) is 23.5 Å². The number of aryl methyl sites for hydroxylation is 1. The van der Waals surface area contributed by atoms with Crippen LogP contribution in [0.1, 0.15) is 45.8 Å². The van der Waals surface area contributed by atoms with Crippen molar-refractivity contribution in [1.82, 2.24) is 0 Å². The van der Waals surface area contributed by atoms with E-state index in [0.717, 1.165) is 36.0 Å². The molecule has 5 unspecified atom stereocenters. The summed E-state index contributed by atoms with van der Waals surface area (Å²) in [5, 5.41) is 15.5. The predicted octanol–water partition coefficient (Wildman–Crippen LogP) is 4.69. The average Bonchev–Trinajstić information content (AvgIpc) is 2.91. The average molecular weight is 424 g/mol. The summed E-state index contributed by atoms with van der Waals surface area (Å²) in [5.41, 5.74) is 2.56. The highest BCUT2D eigenvalue weighted by Crippen LogP contribution is 2.62. The maximum Gasteiger partial charge on any atom is 0.231 e. The largest absolute Gasteiger partial charge is 0.384 e. The Morgan fingerprint density at radius 3 is 2.41 bits per heavy atom. The Bertz CT molecular complexity index is 1220. The first kappa shape index (κ1) is 19.4. The molecule has 6 rings (SSSR count). The summed E-state index contributed by atoms with van der Waals surface area (Å²) in [7, 11) is 0. The van der Waals surface area contributed by atoms with E-state index in [9.17, 15) is 14.7 Å². The van der Waals surface area contributed by atoms with Gasteiger partial charge in [-0.1, -0.05) is 66.7 Å². The maximum atomic E-state index is 14.0. The van der Waals surface area contributed by atoms with Crippen molar-refractivity contribution in [1.29, 1.82) is 0 Å². The molecular weight excluding hydrogens is 398 g/mol. The molecule has 5 atom stereocenters. The Balaban J connectivity index is 1.64. The summed E-state index contributed by atoms with van der Waals surface area (Å²) < 4.78 is 0. The van der Waals surface area contributed by atoms with Crippen LogP contribution in [0.5, 0.6) is 0 Å². The van der Waals surface area contributed by atoms with E-state index >= 15 is 0 Å². The van der Waals surface area contributed by atoms with E-state index in [1.807, 2.05) is 66.7 Å². The van der Waals surface area contributed by atoms with Crippen molar-refractivity contribution in [3.63, 3.8) is 0 Å². The van der Waals surface area contributed by atoms with Gasteiger partial charge in [0.15, 0.2) is 5.78 Å². The SMILES string of the molecule is O=C1c2ccccc2NC(=O)C2C1C(c1ccccc1)C1CCCc3ccccc3C12O. The number of carbonyl (C=O) groups is 2. The number of Topliss-reactive ketones (excluding diaryl/α,β-unsaturated/α-hetero) is 1. The number of anilines is 1. The molecule has 1 heterocycles. The van der Waals surface area contributed by atoms with Gasteiger partial charge >= 0.3 is 0 Å². The number of aliphatic hydroxyl groups is 1. The second-order valence-electron chi connectivity index (χ2n) is 9.32. The van der Waals surface area contributed by atoms with Gasteiger partial charge in [0, 0.05) is 23.3 Å². The molecule has 1 aliphatic heterocycles. The van der Waals surface area contributed by atoms with Crippen LogP contribution in [0.3, 0.4) is 0 Å². The number of hydrogen-bond acceptors (Lipinski definition) is 3. The minimum Gasteiger partial charge on any atom is -0.384 e. The number of para-hydroxylation sites is 1. The molecule has 0 spiro atoms. The molecule has 0 saturated heterocycles. The first-order valence-electron chi connectivity index (χ1n) is 11.4. The van der Waals surface area contributed by atoms with Gasteiger partial charge in [-0.25, -0.2) is 0 Å². The van der Waals surface area contributed by atoms with Crippen LogP contribution in [-0.4, -0.2) is 16.8 Å². The summed E-state index contributed by atoms with van der Waals surface area (Å²) in [6.07, 6.45) is 2.54. The van der Waals surface area contributed by atoms with Gasteiger partial charge in [0.2, 0.25) is 5.91 Å². The number of fused-ring (bicyclic) bond motifs is 6. The minimum absolute atomic E-state index is 0.0585. The highest BCUT2D eigenvalue weighted by atomic mass is 16.3. The Labute approximate surface area is 187 Å². The third-order valence-corrected chi connectivity index (χ3v) is 7.85. The van der Waals surface area contributed by atoms with Crippen LogP contribution in [-0.2, 0) is 16.8 Å². The lowest BCUT2D eigenvalue weighted by molar-refractivity contribution is -0.132. The third-order valence-electron chi connectivity index (χ3n) is 7.85. The lowest BCUT2D eigenvalue weighted by Crippen LogP contribution is -2.44. The van der Waals surface area contributed by atoms with E-state index in [1.165, 1.54) is 0 Å². The second kappa shape index (κ2) is 7.14. The van der Waals surface area contributed by atoms with Gasteiger partial charge < -0.3 is 10.4 Å².